The van der Waals surface area contributed by atoms with E-state index in [4.69, 9.17) is 42.5 Å². The van der Waals surface area contributed by atoms with Crippen LogP contribution in [0.2, 0.25) is 0 Å². The van der Waals surface area contributed by atoms with Crippen molar-refractivity contribution in [2.24, 2.45) is 94.7 Å². The molecule has 8 bridgehead atoms. The third-order valence-corrected chi connectivity index (χ3v) is 29.2. The summed E-state index contributed by atoms with van der Waals surface area (Å²) in [6.45, 7) is 19.2. The van der Waals surface area contributed by atoms with Crippen molar-refractivity contribution in [3.8, 4) is 0 Å². The van der Waals surface area contributed by atoms with E-state index >= 15 is 0 Å². The molecular weight excluding hydrogens is 1170 g/mol. The zero-order chi connectivity index (χ0) is 67.1. The van der Waals surface area contributed by atoms with Gasteiger partial charge in [-0.3, -0.25) is 42.5 Å². The van der Waals surface area contributed by atoms with E-state index in [-0.39, 0.29) is 0 Å². The largest absolute Gasteiger partial charge is 0.286 e. The fraction of sp³-hybridized carbons (Fsp3) is 1.00. The molecular formula is C88H168N8. The number of hydrogen-bond acceptors (Lipinski definition) is 8. The summed E-state index contributed by atoms with van der Waals surface area (Å²) in [6, 6.07) is 0. The molecule has 9 rings (SSSR count). The van der Waals surface area contributed by atoms with E-state index in [0.717, 1.165) is 47.3 Å². The molecule has 5 heterocycles. The summed E-state index contributed by atoms with van der Waals surface area (Å²) < 4.78 is 0. The highest BCUT2D eigenvalue weighted by atomic mass is 15.4. The summed E-state index contributed by atoms with van der Waals surface area (Å²) in [4.78, 5) is 0. The Kier molecular flexibility index (Phi) is 37.5. The zero-order valence-electron chi connectivity index (χ0n) is 65.5. The molecule has 8 nitrogen and oxygen atoms in total. The Bertz CT molecular complexity index is 1570. The van der Waals surface area contributed by atoms with Crippen LogP contribution in [0.5, 0.6) is 0 Å². The van der Waals surface area contributed by atoms with E-state index in [2.05, 4.69) is 55.4 Å². The number of fused-ring (bicyclic) bond motifs is 20. The molecule has 5 saturated heterocycles. The molecule has 0 aromatic heterocycles. The van der Waals surface area contributed by atoms with Crippen molar-refractivity contribution in [2.45, 2.75) is 464 Å². The predicted molar refractivity (Wildman–Crippen MR) is 415 cm³/mol. The Hall–Kier alpha value is -0.320. The van der Waals surface area contributed by atoms with Gasteiger partial charge < -0.3 is 0 Å². The topological polar surface area (TPSA) is 96.2 Å². The second-order valence-corrected chi connectivity index (χ2v) is 36.1. The zero-order valence-corrected chi connectivity index (χ0v) is 65.5. The Morgan fingerprint density at radius 2 is 0.250 bits per heavy atom. The van der Waals surface area contributed by atoms with Crippen molar-refractivity contribution in [2.75, 3.05) is 0 Å². The van der Waals surface area contributed by atoms with Crippen molar-refractivity contribution in [3.05, 3.63) is 0 Å². The predicted octanol–water partition coefficient (Wildman–Crippen LogP) is 23.3. The summed E-state index contributed by atoms with van der Waals surface area (Å²) in [6.07, 6.45) is 82.5. The lowest BCUT2D eigenvalue weighted by molar-refractivity contribution is 0.0633. The quantitative estimate of drug-likeness (QED) is 0.0286. The number of rotatable bonds is 48. The second-order valence-electron chi connectivity index (χ2n) is 36.1. The smallest absolute Gasteiger partial charge is 0.0628 e. The maximum Gasteiger partial charge on any atom is 0.0628 e. The van der Waals surface area contributed by atoms with Gasteiger partial charge in [0.2, 0.25) is 0 Å². The van der Waals surface area contributed by atoms with E-state index in [1.807, 2.05) is 0 Å². The molecule has 0 spiro atoms. The Labute approximate surface area is 598 Å². The summed E-state index contributed by atoms with van der Waals surface area (Å²) in [5.41, 5.74) is 0. The van der Waals surface area contributed by atoms with Crippen LogP contribution in [0.15, 0.2) is 0 Å². The van der Waals surface area contributed by atoms with Gasteiger partial charge in [0.25, 0.3) is 0 Å². The number of unbranched alkanes of at least 4 members (excludes halogenated alkanes) is 32. The van der Waals surface area contributed by atoms with Gasteiger partial charge in [-0.25, -0.2) is 0 Å². The maximum atomic E-state index is 4.80. The van der Waals surface area contributed by atoms with E-state index in [1.165, 1.54) is 360 Å². The molecule has 9 fully saturated rings. The van der Waals surface area contributed by atoms with Gasteiger partial charge in [0.1, 0.15) is 0 Å². The summed E-state index contributed by atoms with van der Waals surface area (Å²) in [7, 11) is 0. The van der Waals surface area contributed by atoms with Crippen LogP contribution in [-0.4, -0.2) is 49.3 Å². The molecule has 4 saturated carbocycles. The normalized spacial score (nSPS) is 37.2. The molecule has 16 atom stereocenters. The SMILES string of the molecule is CCCCCCCC1CC2C3NC(NC4NC(NC5NC(NC6NC(N3)C3CC(CCCCCCC)C(CCCCCCC)CC63)C3CC(CCCCCCC)C(CCCCCCC)CC53)C3CC(CCCCCCC)C(CCCCCCC)CC43)C2CC1CCCCCCC. The molecule has 560 valence electrons. The van der Waals surface area contributed by atoms with Crippen LogP contribution in [-0.2, 0) is 0 Å². The Morgan fingerprint density at radius 3 is 0.354 bits per heavy atom. The molecule has 5 aliphatic heterocycles. The van der Waals surface area contributed by atoms with E-state index in [9.17, 15) is 0 Å². The van der Waals surface area contributed by atoms with E-state index in [0.29, 0.717) is 96.7 Å². The molecule has 16 unspecified atom stereocenters. The first-order chi connectivity index (χ1) is 47.3. The van der Waals surface area contributed by atoms with E-state index < -0.39 is 0 Å². The van der Waals surface area contributed by atoms with Crippen molar-refractivity contribution in [1.82, 2.24) is 42.5 Å². The molecule has 96 heavy (non-hydrogen) atoms. The average molecular weight is 1340 g/mol. The fourth-order valence-electron chi connectivity index (χ4n) is 23.6. The summed E-state index contributed by atoms with van der Waals surface area (Å²) >= 11 is 0. The molecule has 8 N–H and O–H groups in total. The highest BCUT2D eigenvalue weighted by Crippen LogP contribution is 2.54. The van der Waals surface area contributed by atoms with Crippen molar-refractivity contribution in [3.63, 3.8) is 0 Å². The lowest BCUT2D eigenvalue weighted by Crippen LogP contribution is -2.61. The minimum atomic E-state index is 0.341. The summed E-state index contributed by atoms with van der Waals surface area (Å²) in [5, 5.41) is 38.0. The van der Waals surface area contributed by atoms with Crippen LogP contribution >= 0.6 is 0 Å². The first-order valence-corrected chi connectivity index (χ1v) is 45.4. The van der Waals surface area contributed by atoms with Crippen molar-refractivity contribution < 1.29 is 0 Å². The Morgan fingerprint density at radius 1 is 0.146 bits per heavy atom. The molecule has 8 heteroatoms. The average Bonchev–Trinajstić information content (AvgIpc) is 1.60. The monoisotopic (exact) mass is 1340 g/mol. The maximum absolute atomic E-state index is 4.80. The van der Waals surface area contributed by atoms with Crippen LogP contribution in [0, 0.1) is 94.7 Å². The van der Waals surface area contributed by atoms with Gasteiger partial charge in [-0.2, -0.15) is 0 Å². The number of nitrogens with one attached hydrogen (secondary N) is 8. The third-order valence-electron chi connectivity index (χ3n) is 29.2. The van der Waals surface area contributed by atoms with Gasteiger partial charge >= 0.3 is 0 Å². The van der Waals surface area contributed by atoms with Gasteiger partial charge in [-0.1, -0.05) is 364 Å². The summed E-state index contributed by atoms with van der Waals surface area (Å²) in [5.74, 6) is 12.3. The highest BCUT2D eigenvalue weighted by molar-refractivity contribution is 5.11. The highest BCUT2D eigenvalue weighted by Gasteiger charge is 2.58. The van der Waals surface area contributed by atoms with Gasteiger partial charge in [-0.05, 0) is 146 Å². The van der Waals surface area contributed by atoms with Gasteiger partial charge in [0.05, 0.1) is 49.3 Å². The Balaban J connectivity index is 1.08. The first-order valence-electron chi connectivity index (χ1n) is 45.4. The first kappa shape index (κ1) is 79.8. The molecule has 4 aliphatic carbocycles. The van der Waals surface area contributed by atoms with Gasteiger partial charge in [-0.15, -0.1) is 0 Å². The van der Waals surface area contributed by atoms with Crippen LogP contribution in [0.4, 0.5) is 0 Å². The second kappa shape index (κ2) is 45.1. The fourth-order valence-corrected chi connectivity index (χ4v) is 23.6. The molecule has 0 aromatic carbocycles. The van der Waals surface area contributed by atoms with E-state index in [1.54, 1.807) is 0 Å². The third kappa shape index (κ3) is 23.9. The molecule has 9 aliphatic rings. The molecule has 0 aromatic rings. The standard InChI is InChI=1S/C88H168N8/c1-9-17-25-33-41-49-65-57-73-74(58-66(65)50-42-34-26-18-10-2)82-89-81(73)93-83-75-59-67(51-43-35-27-19-11-3)68(52-44-36-28-20-12-4)60-76(75)85(90-83)95-87-79-63-71(55-47-39-31-23-15-7)72(56-48-40-32-24-16-8)64-80(79)88(92-87)96-86-78-62-70(54-46-38-30-22-14-6)69(53-45-37-29-21-13-5)61-77(78)84(91-86)94-82/h65-96H,9-64H2,1-8H3. The van der Waals surface area contributed by atoms with Crippen LogP contribution in [0.3, 0.4) is 0 Å². The van der Waals surface area contributed by atoms with Crippen molar-refractivity contribution >= 4 is 0 Å². The van der Waals surface area contributed by atoms with Crippen LogP contribution in [0.1, 0.15) is 415 Å². The lowest BCUT2D eigenvalue weighted by atomic mass is 9.64. The molecule has 0 amide bonds. The van der Waals surface area contributed by atoms with Gasteiger partial charge in [0, 0.05) is 0 Å². The van der Waals surface area contributed by atoms with Crippen LogP contribution < -0.4 is 42.5 Å². The lowest BCUT2D eigenvalue weighted by Gasteiger charge is -2.44. The number of hydrogen-bond donors (Lipinski definition) is 8. The van der Waals surface area contributed by atoms with Crippen LogP contribution in [0.25, 0.3) is 0 Å². The minimum absolute atomic E-state index is 0.341. The van der Waals surface area contributed by atoms with Crippen molar-refractivity contribution in [1.29, 1.82) is 0 Å². The minimum Gasteiger partial charge on any atom is -0.286 e. The molecule has 0 radical (unpaired) electrons. The van der Waals surface area contributed by atoms with Gasteiger partial charge in [0.15, 0.2) is 0 Å².